The molecule has 1 aromatic heterocycles. The Morgan fingerprint density at radius 3 is 2.73 bits per heavy atom. The summed E-state index contributed by atoms with van der Waals surface area (Å²) in [6.07, 6.45) is 1.62. The maximum absolute atomic E-state index is 11.8. The number of Topliss-reactive ketones (excluding diaryl/α,β-unsaturated/α-hetero) is 1. The first-order chi connectivity index (χ1) is 7.13. The maximum atomic E-state index is 11.8. The summed E-state index contributed by atoms with van der Waals surface area (Å²) in [7, 11) is 0. The molecule has 2 nitrogen and oxygen atoms in total. The molecule has 0 radical (unpaired) electrons. The highest BCUT2D eigenvalue weighted by atomic mass is 32.1. The molecule has 1 aromatic rings. The van der Waals surface area contributed by atoms with Crippen LogP contribution in [-0.4, -0.2) is 12.3 Å². The van der Waals surface area contributed by atoms with E-state index in [2.05, 4.69) is 13.8 Å². The average molecular weight is 225 g/mol. The number of nitrogens with two attached hydrogens (primary N) is 1. The average Bonchev–Trinajstić information content (AvgIpc) is 2.68. The highest BCUT2D eigenvalue weighted by Crippen LogP contribution is 2.18. The lowest BCUT2D eigenvalue weighted by atomic mass is 9.91. The minimum absolute atomic E-state index is 0.229. The highest BCUT2D eigenvalue weighted by molar-refractivity contribution is 7.08. The van der Waals surface area contributed by atoms with Crippen LogP contribution in [0.4, 0.5) is 0 Å². The lowest BCUT2D eigenvalue weighted by Gasteiger charge is -2.15. The zero-order valence-corrected chi connectivity index (χ0v) is 10.2. The first-order valence-corrected chi connectivity index (χ1v) is 6.33. The first kappa shape index (κ1) is 12.4. The molecule has 0 bridgehead atoms. The molecular formula is C12H19NOS. The Morgan fingerprint density at radius 1 is 1.53 bits per heavy atom. The molecule has 0 aliphatic carbocycles. The fourth-order valence-corrected chi connectivity index (χ4v) is 2.39. The molecule has 2 N–H and O–H groups in total. The summed E-state index contributed by atoms with van der Waals surface area (Å²) in [6.45, 7) is 4.93. The van der Waals surface area contributed by atoms with Crippen LogP contribution in [0.15, 0.2) is 16.8 Å². The standard InChI is InChI=1S/C12H19NOS/c1-9(2)5-10(7-13)6-12(14)11-3-4-15-8-11/h3-4,8-10H,5-7,13H2,1-2H3. The number of carbonyl (C=O) groups excluding carboxylic acids is 1. The predicted molar refractivity (Wildman–Crippen MR) is 65.3 cm³/mol. The summed E-state index contributed by atoms with van der Waals surface area (Å²) in [5.41, 5.74) is 6.51. The van der Waals surface area contributed by atoms with Gasteiger partial charge in [-0.1, -0.05) is 13.8 Å². The molecule has 0 saturated heterocycles. The van der Waals surface area contributed by atoms with Gasteiger partial charge < -0.3 is 5.73 Å². The summed E-state index contributed by atoms with van der Waals surface area (Å²) in [4.78, 5) is 11.8. The van der Waals surface area contributed by atoms with Crippen LogP contribution in [0.2, 0.25) is 0 Å². The van der Waals surface area contributed by atoms with Gasteiger partial charge in [-0.3, -0.25) is 4.79 Å². The second kappa shape index (κ2) is 6.03. The first-order valence-electron chi connectivity index (χ1n) is 5.39. The Hall–Kier alpha value is -0.670. The molecule has 0 aliphatic rings. The molecule has 1 atom stereocenters. The molecule has 1 heterocycles. The van der Waals surface area contributed by atoms with E-state index < -0.39 is 0 Å². The van der Waals surface area contributed by atoms with Gasteiger partial charge in [0, 0.05) is 17.4 Å². The number of rotatable bonds is 6. The van der Waals surface area contributed by atoms with Crippen molar-refractivity contribution in [3.63, 3.8) is 0 Å². The van der Waals surface area contributed by atoms with E-state index in [0.29, 0.717) is 24.8 Å². The summed E-state index contributed by atoms with van der Waals surface area (Å²) in [5.74, 6) is 1.17. The number of carbonyl (C=O) groups is 1. The van der Waals surface area contributed by atoms with Crippen LogP contribution in [0.5, 0.6) is 0 Å². The van der Waals surface area contributed by atoms with E-state index in [9.17, 15) is 4.79 Å². The largest absolute Gasteiger partial charge is 0.330 e. The van der Waals surface area contributed by atoms with Gasteiger partial charge in [0.2, 0.25) is 0 Å². The molecule has 84 valence electrons. The zero-order valence-electron chi connectivity index (χ0n) is 9.40. The predicted octanol–water partition coefficient (Wildman–Crippen LogP) is 2.94. The highest BCUT2D eigenvalue weighted by Gasteiger charge is 2.15. The third-order valence-corrected chi connectivity index (χ3v) is 3.14. The van der Waals surface area contributed by atoms with Gasteiger partial charge in [0.25, 0.3) is 0 Å². The van der Waals surface area contributed by atoms with Crippen LogP contribution in [0.25, 0.3) is 0 Å². The molecule has 0 spiro atoms. The van der Waals surface area contributed by atoms with Gasteiger partial charge in [-0.25, -0.2) is 0 Å². The van der Waals surface area contributed by atoms with Crippen molar-refractivity contribution in [3.05, 3.63) is 22.4 Å². The van der Waals surface area contributed by atoms with Gasteiger partial charge >= 0.3 is 0 Å². The third kappa shape index (κ3) is 4.14. The minimum Gasteiger partial charge on any atom is -0.330 e. The Labute approximate surface area is 95.5 Å². The number of thiophene rings is 1. The van der Waals surface area contributed by atoms with Gasteiger partial charge in [-0.05, 0) is 36.2 Å². The Kier molecular flexibility index (Phi) is 4.99. The summed E-state index contributed by atoms with van der Waals surface area (Å²) >= 11 is 1.56. The fraction of sp³-hybridized carbons (Fsp3) is 0.583. The van der Waals surface area contributed by atoms with Crippen molar-refractivity contribution >= 4 is 17.1 Å². The van der Waals surface area contributed by atoms with Gasteiger partial charge in [0.1, 0.15) is 0 Å². The molecule has 1 unspecified atom stereocenters. The summed E-state index contributed by atoms with van der Waals surface area (Å²) in [5, 5.41) is 3.85. The number of ketones is 1. The van der Waals surface area contributed by atoms with Crippen molar-refractivity contribution in [2.75, 3.05) is 6.54 Å². The topological polar surface area (TPSA) is 43.1 Å². The zero-order chi connectivity index (χ0) is 11.3. The number of hydrogen-bond donors (Lipinski definition) is 1. The van der Waals surface area contributed by atoms with E-state index in [0.717, 1.165) is 12.0 Å². The minimum atomic E-state index is 0.229. The maximum Gasteiger partial charge on any atom is 0.164 e. The Morgan fingerprint density at radius 2 is 2.27 bits per heavy atom. The molecule has 0 amide bonds. The van der Waals surface area contributed by atoms with Gasteiger partial charge in [-0.2, -0.15) is 11.3 Å². The van der Waals surface area contributed by atoms with Crippen LogP contribution < -0.4 is 5.73 Å². The normalized spacial score (nSPS) is 13.1. The smallest absolute Gasteiger partial charge is 0.164 e. The summed E-state index contributed by atoms with van der Waals surface area (Å²) < 4.78 is 0. The van der Waals surface area contributed by atoms with Gasteiger partial charge in [-0.15, -0.1) is 0 Å². The second-order valence-electron chi connectivity index (χ2n) is 4.37. The molecule has 15 heavy (non-hydrogen) atoms. The molecule has 0 aromatic carbocycles. The van der Waals surface area contributed by atoms with Crippen molar-refractivity contribution in [3.8, 4) is 0 Å². The van der Waals surface area contributed by atoms with E-state index in [4.69, 9.17) is 5.73 Å². The van der Waals surface area contributed by atoms with E-state index in [-0.39, 0.29) is 5.78 Å². The summed E-state index contributed by atoms with van der Waals surface area (Å²) in [6, 6.07) is 1.88. The fourth-order valence-electron chi connectivity index (χ4n) is 1.73. The molecule has 3 heteroatoms. The Balaban J connectivity index is 2.48. The van der Waals surface area contributed by atoms with E-state index in [1.807, 2.05) is 16.8 Å². The number of hydrogen-bond acceptors (Lipinski definition) is 3. The molecule has 0 aliphatic heterocycles. The van der Waals surface area contributed by atoms with E-state index in [1.54, 1.807) is 11.3 Å². The SMILES string of the molecule is CC(C)CC(CN)CC(=O)c1ccsc1. The van der Waals surface area contributed by atoms with Crippen LogP contribution in [-0.2, 0) is 0 Å². The van der Waals surface area contributed by atoms with Crippen LogP contribution in [0.3, 0.4) is 0 Å². The Bertz CT molecular complexity index is 293. The molecular weight excluding hydrogens is 206 g/mol. The van der Waals surface area contributed by atoms with Crippen LogP contribution in [0, 0.1) is 11.8 Å². The van der Waals surface area contributed by atoms with Crippen LogP contribution >= 0.6 is 11.3 Å². The lowest BCUT2D eigenvalue weighted by molar-refractivity contribution is 0.0958. The monoisotopic (exact) mass is 225 g/mol. The van der Waals surface area contributed by atoms with Crippen molar-refractivity contribution in [2.45, 2.75) is 26.7 Å². The van der Waals surface area contributed by atoms with E-state index in [1.165, 1.54) is 0 Å². The van der Waals surface area contributed by atoms with Crippen LogP contribution in [0.1, 0.15) is 37.0 Å². The second-order valence-corrected chi connectivity index (χ2v) is 5.15. The lowest BCUT2D eigenvalue weighted by Crippen LogP contribution is -2.19. The van der Waals surface area contributed by atoms with Crippen molar-refractivity contribution in [1.82, 2.24) is 0 Å². The van der Waals surface area contributed by atoms with Crippen molar-refractivity contribution in [1.29, 1.82) is 0 Å². The van der Waals surface area contributed by atoms with Gasteiger partial charge in [0.05, 0.1) is 0 Å². The molecule has 0 saturated carbocycles. The van der Waals surface area contributed by atoms with E-state index >= 15 is 0 Å². The molecule has 0 fully saturated rings. The quantitative estimate of drug-likeness (QED) is 0.756. The van der Waals surface area contributed by atoms with Gasteiger partial charge in [0.15, 0.2) is 5.78 Å². The van der Waals surface area contributed by atoms with Crippen molar-refractivity contribution < 1.29 is 4.79 Å². The molecule has 1 rings (SSSR count). The van der Waals surface area contributed by atoms with Crippen molar-refractivity contribution in [2.24, 2.45) is 17.6 Å². The third-order valence-electron chi connectivity index (χ3n) is 2.46.